The Labute approximate surface area is 94.3 Å². The molecule has 0 aliphatic carbocycles. The third-order valence-electron chi connectivity index (χ3n) is 1.41. The van der Waals surface area contributed by atoms with Gasteiger partial charge in [0.15, 0.2) is 0 Å². The average molecular weight is 228 g/mol. The van der Waals surface area contributed by atoms with Crippen LogP contribution in [0.5, 0.6) is 0 Å². The molecule has 0 aromatic heterocycles. The molecule has 0 spiro atoms. The van der Waals surface area contributed by atoms with Gasteiger partial charge in [0, 0.05) is 12.3 Å². The lowest BCUT2D eigenvalue weighted by Gasteiger charge is -2.02. The lowest BCUT2D eigenvalue weighted by atomic mass is 10.4. The van der Waals surface area contributed by atoms with Crippen LogP contribution in [0.4, 0.5) is 4.79 Å². The molecule has 0 aromatic rings. The van der Waals surface area contributed by atoms with Gasteiger partial charge < -0.3 is 10.1 Å². The molecule has 16 heavy (non-hydrogen) atoms. The maximum absolute atomic E-state index is 10.9. The highest BCUT2D eigenvalue weighted by Crippen LogP contribution is 1.84. The van der Waals surface area contributed by atoms with E-state index in [0.717, 1.165) is 18.9 Å². The van der Waals surface area contributed by atoms with E-state index in [4.69, 9.17) is 0 Å². The second-order valence-corrected chi connectivity index (χ2v) is 2.75. The van der Waals surface area contributed by atoms with Gasteiger partial charge in [0.1, 0.15) is 6.61 Å². The molecule has 0 fully saturated rings. The first-order valence-corrected chi connectivity index (χ1v) is 4.96. The third-order valence-corrected chi connectivity index (χ3v) is 1.41. The van der Waals surface area contributed by atoms with Crippen LogP contribution in [0.25, 0.3) is 0 Å². The normalized spacial score (nSPS) is 9.81. The van der Waals surface area contributed by atoms with Crippen molar-refractivity contribution < 1.29 is 19.2 Å². The van der Waals surface area contributed by atoms with Gasteiger partial charge in [0.25, 0.3) is 0 Å². The van der Waals surface area contributed by atoms with Crippen LogP contribution >= 0.6 is 0 Å². The van der Waals surface area contributed by atoms with Crippen molar-refractivity contribution in [3.8, 4) is 0 Å². The number of nitrogens with one attached hydrogen (secondary N) is 1. The molecule has 0 unspecified atom stereocenters. The minimum atomic E-state index is -0.679. The van der Waals surface area contributed by atoms with E-state index in [0.29, 0.717) is 0 Å². The lowest BCUT2D eigenvalue weighted by Crippen LogP contribution is -2.27. The summed E-state index contributed by atoms with van der Waals surface area (Å²) in [6, 6.07) is 0. The number of carbonyl (C=O) groups is 2. The highest BCUT2D eigenvalue weighted by Gasteiger charge is 2.00. The Kier molecular flexibility index (Phi) is 8.57. The Morgan fingerprint density at radius 2 is 2.25 bits per heavy atom. The smallest absolute Gasteiger partial charge is 0.433 e. The van der Waals surface area contributed by atoms with Gasteiger partial charge >= 0.3 is 12.1 Å². The summed E-state index contributed by atoms with van der Waals surface area (Å²) in [6.45, 7) is 5.45. The monoisotopic (exact) mass is 228 g/mol. The highest BCUT2D eigenvalue weighted by molar-refractivity contribution is 5.81. The fourth-order valence-corrected chi connectivity index (χ4v) is 0.663. The molecule has 0 aliphatic rings. The molecule has 0 saturated heterocycles. The van der Waals surface area contributed by atoms with Gasteiger partial charge in [-0.1, -0.05) is 25.1 Å². The Morgan fingerprint density at radius 1 is 1.50 bits per heavy atom. The van der Waals surface area contributed by atoms with Crippen LogP contribution in [-0.4, -0.2) is 31.4 Å². The van der Waals surface area contributed by atoms with Crippen molar-refractivity contribution in [2.45, 2.75) is 19.8 Å². The second-order valence-electron chi connectivity index (χ2n) is 2.75. The van der Waals surface area contributed by atoms with E-state index in [1.807, 2.05) is 6.92 Å². The van der Waals surface area contributed by atoms with Gasteiger partial charge in [-0.3, -0.25) is 4.84 Å². The molecule has 0 rings (SSSR count). The number of hydrogen-bond acceptors (Lipinski definition) is 5. The maximum atomic E-state index is 10.9. The number of amides is 1. The number of carbonyl (C=O) groups excluding carboxylic acids is 2. The van der Waals surface area contributed by atoms with E-state index in [2.05, 4.69) is 26.6 Å². The summed E-state index contributed by atoms with van der Waals surface area (Å²) < 4.78 is 4.62. The third kappa shape index (κ3) is 8.74. The molecule has 1 N–H and O–H groups in total. The Balaban J connectivity index is 3.43. The minimum Gasteiger partial charge on any atom is -0.461 e. The molecule has 1 amide bonds. The van der Waals surface area contributed by atoms with Crippen molar-refractivity contribution in [3.05, 3.63) is 12.7 Å². The van der Waals surface area contributed by atoms with Crippen LogP contribution in [0.2, 0.25) is 0 Å². The minimum absolute atomic E-state index is 0.0681. The van der Waals surface area contributed by atoms with Crippen molar-refractivity contribution >= 4 is 18.3 Å². The first kappa shape index (κ1) is 14.2. The number of ether oxygens (including phenoxy) is 1. The zero-order chi connectivity index (χ0) is 12.2. The van der Waals surface area contributed by atoms with E-state index in [-0.39, 0.29) is 13.2 Å². The fraction of sp³-hybridized carbons (Fsp3) is 0.500. The molecule has 0 atom stereocenters. The van der Waals surface area contributed by atoms with Gasteiger partial charge in [-0.2, -0.15) is 0 Å². The number of nitrogens with zero attached hydrogens (tertiary/aromatic N) is 1. The predicted molar refractivity (Wildman–Crippen MR) is 59.0 cm³/mol. The Morgan fingerprint density at radius 3 is 2.88 bits per heavy atom. The van der Waals surface area contributed by atoms with Gasteiger partial charge in [0.05, 0.1) is 6.54 Å². The van der Waals surface area contributed by atoms with Crippen molar-refractivity contribution in [2.24, 2.45) is 5.16 Å². The number of hydrogen-bond donors (Lipinski definition) is 1. The molecular weight excluding hydrogens is 212 g/mol. The van der Waals surface area contributed by atoms with E-state index >= 15 is 0 Å². The lowest BCUT2D eigenvalue weighted by molar-refractivity contribution is -0.137. The number of unbranched alkanes of at least 4 members (excludes halogenated alkanes) is 1. The Hall–Kier alpha value is -1.85. The summed E-state index contributed by atoms with van der Waals surface area (Å²) in [7, 11) is 0. The standard InChI is InChI=1S/C10H16N2O4/c1-3-5-6-12-16-10(14)11-7-8-15-9(13)4-2/h4,6H,2-3,5,7-8H2,1H3,(H,11,14). The van der Waals surface area contributed by atoms with Crippen LogP contribution in [0.3, 0.4) is 0 Å². The molecule has 0 radical (unpaired) electrons. The Bertz CT molecular complexity index is 264. The van der Waals surface area contributed by atoms with Crippen LogP contribution in [-0.2, 0) is 14.4 Å². The number of esters is 1. The summed E-state index contributed by atoms with van der Waals surface area (Å²) in [5.74, 6) is -0.531. The van der Waals surface area contributed by atoms with E-state index in [1.165, 1.54) is 6.21 Å². The molecule has 0 saturated carbocycles. The largest absolute Gasteiger partial charge is 0.461 e. The SMILES string of the molecule is C=CC(=O)OCCNC(=O)ON=CCCC. The van der Waals surface area contributed by atoms with Gasteiger partial charge in [-0.05, 0) is 6.42 Å². The topological polar surface area (TPSA) is 77.0 Å². The molecule has 90 valence electrons. The summed E-state index contributed by atoms with van der Waals surface area (Å²) in [4.78, 5) is 25.9. The van der Waals surface area contributed by atoms with Crippen LogP contribution < -0.4 is 5.32 Å². The molecule has 0 aliphatic heterocycles. The second kappa shape index (κ2) is 9.70. The number of rotatable bonds is 7. The van der Waals surface area contributed by atoms with E-state index < -0.39 is 12.1 Å². The first-order valence-electron chi connectivity index (χ1n) is 4.96. The zero-order valence-corrected chi connectivity index (χ0v) is 9.27. The molecule has 0 bridgehead atoms. The summed E-state index contributed by atoms with van der Waals surface area (Å²) >= 11 is 0. The molecule has 6 heteroatoms. The van der Waals surface area contributed by atoms with Crippen molar-refractivity contribution in [1.29, 1.82) is 0 Å². The van der Waals surface area contributed by atoms with Crippen molar-refractivity contribution in [1.82, 2.24) is 5.32 Å². The zero-order valence-electron chi connectivity index (χ0n) is 9.27. The summed E-state index contributed by atoms with van der Waals surface area (Å²) in [6.07, 6.45) is 3.57. The van der Waals surface area contributed by atoms with Gasteiger partial charge in [-0.25, -0.2) is 9.59 Å². The van der Waals surface area contributed by atoms with Crippen LogP contribution in [0.1, 0.15) is 19.8 Å². The average Bonchev–Trinajstić information content (AvgIpc) is 2.30. The fourth-order valence-electron chi connectivity index (χ4n) is 0.663. The predicted octanol–water partition coefficient (Wildman–Crippen LogP) is 1.23. The molecule has 0 heterocycles. The molecule has 6 nitrogen and oxygen atoms in total. The van der Waals surface area contributed by atoms with Gasteiger partial charge in [-0.15, -0.1) is 0 Å². The van der Waals surface area contributed by atoms with Crippen molar-refractivity contribution in [3.63, 3.8) is 0 Å². The summed E-state index contributed by atoms with van der Waals surface area (Å²) in [5.41, 5.74) is 0. The number of oxime groups is 1. The van der Waals surface area contributed by atoms with E-state index in [1.54, 1.807) is 0 Å². The van der Waals surface area contributed by atoms with Crippen LogP contribution in [0.15, 0.2) is 17.8 Å². The first-order chi connectivity index (χ1) is 7.70. The van der Waals surface area contributed by atoms with Crippen molar-refractivity contribution in [2.75, 3.05) is 13.2 Å². The maximum Gasteiger partial charge on any atom is 0.433 e. The quantitative estimate of drug-likeness (QED) is 0.177. The van der Waals surface area contributed by atoms with E-state index in [9.17, 15) is 9.59 Å². The molecular formula is C10H16N2O4. The highest BCUT2D eigenvalue weighted by atomic mass is 16.7. The van der Waals surface area contributed by atoms with Gasteiger partial charge in [0.2, 0.25) is 0 Å². The van der Waals surface area contributed by atoms with Crippen LogP contribution in [0, 0.1) is 0 Å². The molecule has 0 aromatic carbocycles. The summed E-state index contributed by atoms with van der Waals surface area (Å²) in [5, 5.41) is 5.78.